The van der Waals surface area contributed by atoms with Crippen molar-refractivity contribution < 1.29 is 4.79 Å². The minimum Gasteiger partial charge on any atom is -0.319 e. The molecule has 0 radical (unpaired) electrons. The van der Waals surface area contributed by atoms with Crippen molar-refractivity contribution in [2.75, 3.05) is 18.4 Å². The first-order valence-corrected chi connectivity index (χ1v) is 13.3. The van der Waals surface area contributed by atoms with Crippen LogP contribution in [-0.4, -0.2) is 33.0 Å². The van der Waals surface area contributed by atoms with Gasteiger partial charge in [-0.25, -0.2) is 4.79 Å². The Morgan fingerprint density at radius 2 is 1.76 bits per heavy atom. The molecule has 198 valence electrons. The fraction of sp³-hybridized carbons (Fsp3) is 0.367. The van der Waals surface area contributed by atoms with Gasteiger partial charge in [-0.15, -0.1) is 0 Å². The van der Waals surface area contributed by atoms with Crippen LogP contribution in [0.1, 0.15) is 47.9 Å². The lowest BCUT2D eigenvalue weighted by molar-refractivity contribution is -0.116. The first kappa shape index (κ1) is 27.4. The lowest BCUT2D eigenvalue weighted by atomic mass is 10.1. The van der Waals surface area contributed by atoms with Crippen molar-refractivity contribution in [3.63, 3.8) is 0 Å². The van der Waals surface area contributed by atoms with Crippen molar-refractivity contribution in [2.24, 2.45) is 7.05 Å². The number of aromatic nitrogens is 2. The van der Waals surface area contributed by atoms with Gasteiger partial charge in [-0.2, -0.15) is 0 Å². The number of hydrogen-bond donors (Lipinski definition) is 1. The number of rotatable bonds is 7. The molecule has 1 aromatic heterocycles. The SMILES string of the molecule is Cc1ccc(CCC(=O)Nc2c(Cl)n(CC#Cc3cccc(CN4CCCCC4)c3)c(=O)n(C)c2=O)cc1. The average molecular weight is 533 g/mol. The normalized spacial score (nSPS) is 13.6. The Morgan fingerprint density at radius 1 is 1.03 bits per heavy atom. The van der Waals surface area contributed by atoms with Crippen LogP contribution in [-0.2, 0) is 31.4 Å². The molecule has 1 aliphatic heterocycles. The quantitative estimate of drug-likeness (QED) is 0.367. The van der Waals surface area contributed by atoms with Crippen LogP contribution in [0.2, 0.25) is 5.15 Å². The highest BCUT2D eigenvalue weighted by molar-refractivity contribution is 6.32. The van der Waals surface area contributed by atoms with Gasteiger partial charge in [0.2, 0.25) is 5.91 Å². The van der Waals surface area contributed by atoms with E-state index in [2.05, 4.69) is 34.2 Å². The van der Waals surface area contributed by atoms with Crippen LogP contribution in [0.25, 0.3) is 0 Å². The van der Waals surface area contributed by atoms with E-state index in [-0.39, 0.29) is 29.7 Å². The Bertz CT molecular complexity index is 1470. The summed E-state index contributed by atoms with van der Waals surface area (Å²) in [6.45, 7) is 5.12. The molecule has 0 aliphatic carbocycles. The Morgan fingerprint density at radius 3 is 2.50 bits per heavy atom. The predicted molar refractivity (Wildman–Crippen MR) is 152 cm³/mol. The number of nitrogens with zero attached hydrogens (tertiary/aromatic N) is 3. The summed E-state index contributed by atoms with van der Waals surface area (Å²) in [6.07, 6.45) is 4.47. The zero-order valence-corrected chi connectivity index (χ0v) is 22.7. The first-order valence-electron chi connectivity index (χ1n) is 13.0. The van der Waals surface area contributed by atoms with E-state index in [9.17, 15) is 14.4 Å². The third-order valence-corrected chi connectivity index (χ3v) is 7.15. The number of anilines is 1. The van der Waals surface area contributed by atoms with E-state index in [0.717, 1.165) is 40.9 Å². The van der Waals surface area contributed by atoms with E-state index in [4.69, 9.17) is 11.6 Å². The summed E-state index contributed by atoms with van der Waals surface area (Å²) < 4.78 is 2.13. The number of aryl methyl sites for hydroxylation is 2. The second kappa shape index (κ2) is 12.8. The molecule has 1 aliphatic rings. The summed E-state index contributed by atoms with van der Waals surface area (Å²) in [6, 6.07) is 16.0. The van der Waals surface area contributed by atoms with Gasteiger partial charge < -0.3 is 5.32 Å². The van der Waals surface area contributed by atoms with Crippen molar-refractivity contribution in [2.45, 2.75) is 52.1 Å². The van der Waals surface area contributed by atoms with E-state index in [1.807, 2.05) is 43.3 Å². The molecule has 4 rings (SSSR count). The van der Waals surface area contributed by atoms with E-state index in [0.29, 0.717) is 6.42 Å². The molecule has 38 heavy (non-hydrogen) atoms. The van der Waals surface area contributed by atoms with E-state index < -0.39 is 11.2 Å². The number of halogens is 1. The van der Waals surface area contributed by atoms with Gasteiger partial charge in [-0.05, 0) is 62.5 Å². The van der Waals surface area contributed by atoms with Gasteiger partial charge in [0.1, 0.15) is 10.8 Å². The van der Waals surface area contributed by atoms with Crippen molar-refractivity contribution in [3.8, 4) is 11.8 Å². The van der Waals surface area contributed by atoms with Crippen LogP contribution in [0.5, 0.6) is 0 Å². The second-order valence-electron chi connectivity index (χ2n) is 9.77. The smallest absolute Gasteiger partial charge is 0.319 e. The third-order valence-electron chi connectivity index (χ3n) is 6.76. The number of likely N-dealkylation sites (tertiary alicyclic amines) is 1. The Hall–Kier alpha value is -3.60. The summed E-state index contributed by atoms with van der Waals surface area (Å²) in [5, 5.41) is 2.48. The first-order chi connectivity index (χ1) is 18.3. The molecular formula is C30H33ClN4O3. The maximum Gasteiger partial charge on any atom is 0.332 e. The molecule has 1 fully saturated rings. The van der Waals surface area contributed by atoms with Crippen LogP contribution < -0.4 is 16.6 Å². The summed E-state index contributed by atoms with van der Waals surface area (Å²) in [5.41, 5.74) is 2.84. The largest absolute Gasteiger partial charge is 0.332 e. The molecule has 0 atom stereocenters. The topological polar surface area (TPSA) is 76.3 Å². The van der Waals surface area contributed by atoms with Gasteiger partial charge in [0.25, 0.3) is 5.56 Å². The summed E-state index contributed by atoms with van der Waals surface area (Å²) in [4.78, 5) is 40.5. The van der Waals surface area contributed by atoms with E-state index >= 15 is 0 Å². The molecule has 0 bridgehead atoms. The van der Waals surface area contributed by atoms with E-state index in [1.54, 1.807) is 0 Å². The lowest BCUT2D eigenvalue weighted by Crippen LogP contribution is -2.40. The van der Waals surface area contributed by atoms with Crippen molar-refractivity contribution >= 4 is 23.2 Å². The van der Waals surface area contributed by atoms with Gasteiger partial charge in [0.15, 0.2) is 0 Å². The Labute approximate surface area is 228 Å². The second-order valence-corrected chi connectivity index (χ2v) is 10.1. The van der Waals surface area contributed by atoms with Gasteiger partial charge >= 0.3 is 5.69 Å². The van der Waals surface area contributed by atoms with Crippen LogP contribution in [0, 0.1) is 18.8 Å². The maximum atomic E-state index is 12.8. The Balaban J connectivity index is 1.46. The fourth-order valence-electron chi connectivity index (χ4n) is 4.54. The molecule has 1 amide bonds. The van der Waals surface area contributed by atoms with Gasteiger partial charge in [-0.1, -0.05) is 71.8 Å². The van der Waals surface area contributed by atoms with E-state index in [1.165, 1.54) is 36.4 Å². The molecule has 8 heteroatoms. The number of carbonyl (C=O) groups excluding carboxylic acids is 1. The van der Waals surface area contributed by atoms with Crippen LogP contribution in [0.15, 0.2) is 58.1 Å². The van der Waals surface area contributed by atoms with Crippen molar-refractivity contribution in [1.29, 1.82) is 0 Å². The summed E-state index contributed by atoms with van der Waals surface area (Å²) in [5.74, 6) is 5.74. The van der Waals surface area contributed by atoms with Crippen molar-refractivity contribution in [1.82, 2.24) is 14.0 Å². The molecule has 2 heterocycles. The minimum atomic E-state index is -0.654. The zero-order chi connectivity index (χ0) is 27.1. The lowest BCUT2D eigenvalue weighted by Gasteiger charge is -2.26. The van der Waals surface area contributed by atoms with Crippen LogP contribution in [0.4, 0.5) is 5.69 Å². The number of amides is 1. The molecule has 0 spiro atoms. The highest BCUT2D eigenvalue weighted by atomic mass is 35.5. The van der Waals surface area contributed by atoms with Gasteiger partial charge in [-0.3, -0.25) is 23.6 Å². The molecule has 3 aromatic rings. The van der Waals surface area contributed by atoms with Crippen LogP contribution in [0.3, 0.4) is 0 Å². The minimum absolute atomic E-state index is 0.0195. The molecule has 7 nitrogen and oxygen atoms in total. The molecule has 0 saturated carbocycles. The molecule has 1 N–H and O–H groups in total. The Kier molecular flexibility index (Phi) is 9.22. The molecule has 0 unspecified atom stereocenters. The molecule has 2 aromatic carbocycles. The molecule has 1 saturated heterocycles. The highest BCUT2D eigenvalue weighted by Gasteiger charge is 2.18. The third kappa shape index (κ3) is 7.03. The fourth-order valence-corrected chi connectivity index (χ4v) is 4.80. The number of piperidine rings is 1. The zero-order valence-electron chi connectivity index (χ0n) is 21.9. The summed E-state index contributed by atoms with van der Waals surface area (Å²) >= 11 is 6.45. The predicted octanol–water partition coefficient (Wildman–Crippen LogP) is 4.12. The monoisotopic (exact) mass is 532 g/mol. The standard InChI is InChI=1S/C30H33ClN4O3/c1-22-11-13-23(14-12-22)15-16-26(36)32-27-28(31)35(30(38)33(2)29(27)37)19-7-10-24-8-6-9-25(20-24)21-34-17-4-3-5-18-34/h6,8-9,11-14,20H,3-5,15-19,21H2,1-2H3,(H,32,36). The average Bonchev–Trinajstić information content (AvgIpc) is 2.92. The summed E-state index contributed by atoms with van der Waals surface area (Å²) in [7, 11) is 1.36. The van der Waals surface area contributed by atoms with Crippen molar-refractivity contribution in [3.05, 3.63) is 96.8 Å². The molecular weight excluding hydrogens is 500 g/mol. The highest BCUT2D eigenvalue weighted by Crippen LogP contribution is 2.17. The number of hydrogen-bond acceptors (Lipinski definition) is 4. The number of benzene rings is 2. The van der Waals surface area contributed by atoms with Crippen LogP contribution >= 0.6 is 11.6 Å². The van der Waals surface area contributed by atoms with Gasteiger partial charge in [0.05, 0.1) is 6.54 Å². The number of nitrogens with one attached hydrogen (secondary N) is 1. The maximum absolute atomic E-state index is 12.8. The van der Waals surface area contributed by atoms with Gasteiger partial charge in [0, 0.05) is 25.6 Å². The number of carbonyl (C=O) groups is 1.